The predicted molar refractivity (Wildman–Crippen MR) is 61.9 cm³/mol. The lowest BCUT2D eigenvalue weighted by molar-refractivity contribution is 0.116. The summed E-state index contributed by atoms with van der Waals surface area (Å²) in [7, 11) is 0. The molecule has 0 amide bonds. The number of hydrogen-bond acceptors (Lipinski definition) is 3. The summed E-state index contributed by atoms with van der Waals surface area (Å²) in [5, 5.41) is 12.9. The van der Waals surface area contributed by atoms with Crippen molar-refractivity contribution in [2.45, 2.75) is 50.6 Å². The van der Waals surface area contributed by atoms with Crippen molar-refractivity contribution in [1.29, 1.82) is 0 Å². The Morgan fingerprint density at radius 3 is 2.80 bits per heavy atom. The molecule has 2 rings (SSSR count). The van der Waals surface area contributed by atoms with Gasteiger partial charge in [-0.2, -0.15) is 0 Å². The smallest absolute Gasteiger partial charge is 0.0586 e. The molecule has 0 radical (unpaired) electrons. The maximum atomic E-state index is 9.40. The molecular formula is C12H24N2O. The van der Waals surface area contributed by atoms with E-state index in [-0.39, 0.29) is 0 Å². The molecule has 3 heteroatoms. The third-order valence-corrected chi connectivity index (χ3v) is 3.83. The van der Waals surface area contributed by atoms with Crippen LogP contribution in [0.1, 0.15) is 38.5 Å². The molecule has 2 unspecified atom stereocenters. The van der Waals surface area contributed by atoms with Crippen molar-refractivity contribution in [1.82, 2.24) is 10.2 Å². The van der Waals surface area contributed by atoms with Crippen LogP contribution in [0.4, 0.5) is 0 Å². The molecule has 15 heavy (non-hydrogen) atoms. The third kappa shape index (κ3) is 3.16. The number of aliphatic hydroxyl groups excluding tert-OH is 1. The first-order valence-corrected chi connectivity index (χ1v) is 6.48. The average molecular weight is 212 g/mol. The molecule has 2 heterocycles. The van der Waals surface area contributed by atoms with Crippen LogP contribution in [0.15, 0.2) is 0 Å². The summed E-state index contributed by atoms with van der Waals surface area (Å²) >= 11 is 0. The summed E-state index contributed by atoms with van der Waals surface area (Å²) < 4.78 is 0. The highest BCUT2D eigenvalue weighted by atomic mass is 16.3. The molecule has 0 saturated carbocycles. The van der Waals surface area contributed by atoms with Crippen LogP contribution >= 0.6 is 0 Å². The standard InChI is InChI=1S/C12H24N2O/c15-10-12-6-2-1-3-8-14(12)9-11-5-4-7-13-11/h11-13,15H,1-10H2. The summed E-state index contributed by atoms with van der Waals surface area (Å²) in [6.45, 7) is 3.85. The highest BCUT2D eigenvalue weighted by Gasteiger charge is 2.24. The molecule has 0 aromatic heterocycles. The van der Waals surface area contributed by atoms with Crippen molar-refractivity contribution >= 4 is 0 Å². The van der Waals surface area contributed by atoms with Crippen LogP contribution in [0, 0.1) is 0 Å². The second-order valence-corrected chi connectivity index (χ2v) is 4.97. The van der Waals surface area contributed by atoms with Gasteiger partial charge in [0.2, 0.25) is 0 Å². The van der Waals surface area contributed by atoms with Crippen LogP contribution in [0.3, 0.4) is 0 Å². The summed E-state index contributed by atoms with van der Waals surface area (Å²) in [6, 6.07) is 1.10. The first-order chi connectivity index (χ1) is 7.40. The zero-order valence-corrected chi connectivity index (χ0v) is 9.62. The molecule has 3 nitrogen and oxygen atoms in total. The Hall–Kier alpha value is -0.120. The first-order valence-electron chi connectivity index (χ1n) is 6.48. The Labute approximate surface area is 92.8 Å². The van der Waals surface area contributed by atoms with Gasteiger partial charge >= 0.3 is 0 Å². The minimum atomic E-state index is 0.340. The fourth-order valence-electron chi connectivity index (χ4n) is 2.88. The fourth-order valence-corrected chi connectivity index (χ4v) is 2.88. The van der Waals surface area contributed by atoms with Crippen molar-refractivity contribution in [3.8, 4) is 0 Å². The Kier molecular flexibility index (Phi) is 4.42. The number of nitrogens with zero attached hydrogens (tertiary/aromatic N) is 1. The predicted octanol–water partition coefficient (Wildman–Crippen LogP) is 0.975. The fraction of sp³-hybridized carbons (Fsp3) is 1.00. The molecule has 88 valence electrons. The highest BCUT2D eigenvalue weighted by Crippen LogP contribution is 2.18. The van der Waals surface area contributed by atoms with Gasteiger partial charge in [0, 0.05) is 18.6 Å². The van der Waals surface area contributed by atoms with Crippen molar-refractivity contribution < 1.29 is 5.11 Å². The number of nitrogens with one attached hydrogen (secondary N) is 1. The van der Waals surface area contributed by atoms with Gasteiger partial charge in [0.1, 0.15) is 0 Å². The van der Waals surface area contributed by atoms with Gasteiger partial charge in [0.25, 0.3) is 0 Å². The highest BCUT2D eigenvalue weighted by molar-refractivity contribution is 4.82. The molecule has 2 aliphatic heterocycles. The zero-order chi connectivity index (χ0) is 10.5. The monoisotopic (exact) mass is 212 g/mol. The molecule has 0 aromatic carbocycles. The molecule has 2 saturated heterocycles. The summed E-state index contributed by atoms with van der Waals surface area (Å²) in [6.07, 6.45) is 7.76. The lowest BCUT2D eigenvalue weighted by Crippen LogP contribution is -2.44. The van der Waals surface area contributed by atoms with Crippen LogP contribution in [0.25, 0.3) is 0 Å². The Bertz CT molecular complexity index is 180. The quantitative estimate of drug-likeness (QED) is 0.732. The van der Waals surface area contributed by atoms with E-state index in [1.54, 1.807) is 0 Å². The second kappa shape index (κ2) is 5.83. The maximum absolute atomic E-state index is 9.40. The maximum Gasteiger partial charge on any atom is 0.0586 e. The normalized spacial score (nSPS) is 34.2. The third-order valence-electron chi connectivity index (χ3n) is 3.83. The van der Waals surface area contributed by atoms with Crippen LogP contribution in [-0.4, -0.2) is 48.3 Å². The van der Waals surface area contributed by atoms with Crippen molar-refractivity contribution in [3.05, 3.63) is 0 Å². The minimum Gasteiger partial charge on any atom is -0.395 e. The van der Waals surface area contributed by atoms with E-state index in [2.05, 4.69) is 10.2 Å². The first kappa shape index (κ1) is 11.4. The zero-order valence-electron chi connectivity index (χ0n) is 9.62. The van der Waals surface area contributed by atoms with E-state index >= 15 is 0 Å². The molecule has 2 atom stereocenters. The summed E-state index contributed by atoms with van der Waals surface area (Å²) in [5.74, 6) is 0. The van der Waals surface area contributed by atoms with Crippen molar-refractivity contribution in [3.63, 3.8) is 0 Å². The molecule has 0 bridgehead atoms. The van der Waals surface area contributed by atoms with Crippen LogP contribution in [-0.2, 0) is 0 Å². The van der Waals surface area contributed by atoms with E-state index in [1.165, 1.54) is 51.6 Å². The van der Waals surface area contributed by atoms with E-state index in [0.717, 1.165) is 6.54 Å². The van der Waals surface area contributed by atoms with Crippen LogP contribution < -0.4 is 5.32 Å². The van der Waals surface area contributed by atoms with Gasteiger partial charge in [-0.25, -0.2) is 0 Å². The molecule has 2 N–H and O–H groups in total. The molecule has 2 aliphatic rings. The number of likely N-dealkylation sites (tertiary alicyclic amines) is 1. The van der Waals surface area contributed by atoms with Gasteiger partial charge in [0.15, 0.2) is 0 Å². The molecular weight excluding hydrogens is 188 g/mol. The number of rotatable bonds is 3. The lowest BCUT2D eigenvalue weighted by atomic mass is 10.1. The van der Waals surface area contributed by atoms with Crippen LogP contribution in [0.2, 0.25) is 0 Å². The summed E-state index contributed by atoms with van der Waals surface area (Å²) in [4.78, 5) is 2.51. The largest absolute Gasteiger partial charge is 0.395 e. The van der Waals surface area contributed by atoms with Gasteiger partial charge in [0.05, 0.1) is 6.61 Å². The van der Waals surface area contributed by atoms with E-state index in [1.807, 2.05) is 0 Å². The molecule has 2 fully saturated rings. The van der Waals surface area contributed by atoms with Crippen molar-refractivity contribution in [2.75, 3.05) is 26.2 Å². The van der Waals surface area contributed by atoms with Gasteiger partial charge < -0.3 is 10.4 Å². The molecule has 0 aliphatic carbocycles. The number of hydrogen-bond donors (Lipinski definition) is 2. The minimum absolute atomic E-state index is 0.340. The van der Waals surface area contributed by atoms with Crippen LogP contribution in [0.5, 0.6) is 0 Å². The topological polar surface area (TPSA) is 35.5 Å². The second-order valence-electron chi connectivity index (χ2n) is 4.97. The van der Waals surface area contributed by atoms with Gasteiger partial charge in [-0.15, -0.1) is 0 Å². The average Bonchev–Trinajstić information content (AvgIpc) is 2.64. The van der Waals surface area contributed by atoms with Crippen molar-refractivity contribution in [2.24, 2.45) is 0 Å². The SMILES string of the molecule is OCC1CCCCCN1CC1CCCN1. The Morgan fingerprint density at radius 1 is 1.13 bits per heavy atom. The Balaban J connectivity index is 1.85. The van der Waals surface area contributed by atoms with E-state index in [0.29, 0.717) is 18.7 Å². The number of aliphatic hydroxyl groups is 1. The molecule has 0 aromatic rings. The summed E-state index contributed by atoms with van der Waals surface area (Å²) in [5.41, 5.74) is 0. The van der Waals surface area contributed by atoms with Gasteiger partial charge in [-0.05, 0) is 38.8 Å². The van der Waals surface area contributed by atoms with E-state index in [4.69, 9.17) is 0 Å². The van der Waals surface area contributed by atoms with E-state index < -0.39 is 0 Å². The molecule has 0 spiro atoms. The van der Waals surface area contributed by atoms with Gasteiger partial charge in [-0.1, -0.05) is 12.8 Å². The Morgan fingerprint density at radius 2 is 2.07 bits per heavy atom. The van der Waals surface area contributed by atoms with Gasteiger partial charge in [-0.3, -0.25) is 4.90 Å². The van der Waals surface area contributed by atoms with E-state index in [9.17, 15) is 5.11 Å². The lowest BCUT2D eigenvalue weighted by Gasteiger charge is -2.30.